The molecule has 1 aliphatic rings. The molecule has 144 valence electrons. The molecular weight excluding hydrogens is 352 g/mol. The maximum atomic E-state index is 12.6. The van der Waals surface area contributed by atoms with Crippen LogP contribution in [0.15, 0.2) is 54.6 Å². The van der Waals surface area contributed by atoms with Gasteiger partial charge in [-0.15, -0.1) is 10.2 Å². The molecular formula is C22H24N4O2. The Morgan fingerprint density at radius 2 is 1.93 bits per heavy atom. The minimum atomic E-state index is 0.00985. The molecule has 1 atom stereocenters. The summed E-state index contributed by atoms with van der Waals surface area (Å²) in [6, 6.07) is 18.0. The summed E-state index contributed by atoms with van der Waals surface area (Å²) in [6.07, 6.45) is 2.75. The van der Waals surface area contributed by atoms with Gasteiger partial charge in [0, 0.05) is 31.0 Å². The van der Waals surface area contributed by atoms with E-state index >= 15 is 0 Å². The van der Waals surface area contributed by atoms with Gasteiger partial charge >= 0.3 is 0 Å². The number of aryl methyl sites for hydroxylation is 1. The van der Waals surface area contributed by atoms with Crippen molar-refractivity contribution in [3.05, 3.63) is 77.4 Å². The van der Waals surface area contributed by atoms with Crippen LogP contribution in [-0.2, 0) is 30.6 Å². The maximum Gasteiger partial charge on any atom is 0.224 e. The first-order valence-corrected chi connectivity index (χ1v) is 9.59. The van der Waals surface area contributed by atoms with Crippen LogP contribution in [0.2, 0.25) is 0 Å². The Bertz CT molecular complexity index is 952. The van der Waals surface area contributed by atoms with Crippen molar-refractivity contribution in [1.82, 2.24) is 20.1 Å². The fourth-order valence-electron chi connectivity index (χ4n) is 3.71. The fourth-order valence-corrected chi connectivity index (χ4v) is 3.71. The lowest BCUT2D eigenvalue weighted by molar-refractivity contribution is -0.121. The van der Waals surface area contributed by atoms with Gasteiger partial charge in [0.15, 0.2) is 0 Å². The van der Waals surface area contributed by atoms with E-state index in [0.717, 1.165) is 42.2 Å². The SMILES string of the molecule is COc1ccccc1CC(=O)N[C@@H]1CCc2nnc(Cc3ccccc3)n2C1. The number of carbonyl (C=O) groups is 1. The molecule has 1 aliphatic heterocycles. The summed E-state index contributed by atoms with van der Waals surface area (Å²) < 4.78 is 7.50. The predicted molar refractivity (Wildman–Crippen MR) is 106 cm³/mol. The van der Waals surface area contributed by atoms with Gasteiger partial charge in [-0.3, -0.25) is 4.79 Å². The first kappa shape index (κ1) is 18.2. The summed E-state index contributed by atoms with van der Waals surface area (Å²) in [5.41, 5.74) is 2.10. The van der Waals surface area contributed by atoms with Crippen molar-refractivity contribution in [2.24, 2.45) is 0 Å². The number of hydrogen-bond donors (Lipinski definition) is 1. The molecule has 3 aromatic rings. The van der Waals surface area contributed by atoms with Crippen molar-refractivity contribution >= 4 is 5.91 Å². The Labute approximate surface area is 164 Å². The zero-order chi connectivity index (χ0) is 19.3. The van der Waals surface area contributed by atoms with E-state index in [2.05, 4.69) is 32.2 Å². The summed E-state index contributed by atoms with van der Waals surface area (Å²) in [5, 5.41) is 11.9. The van der Waals surface area contributed by atoms with Crippen LogP contribution in [0.25, 0.3) is 0 Å². The van der Waals surface area contributed by atoms with Crippen LogP contribution in [-0.4, -0.2) is 33.8 Å². The minimum Gasteiger partial charge on any atom is -0.496 e. The number of rotatable bonds is 6. The third-order valence-corrected chi connectivity index (χ3v) is 5.14. The number of fused-ring (bicyclic) bond motifs is 1. The molecule has 6 heteroatoms. The van der Waals surface area contributed by atoms with E-state index in [1.807, 2.05) is 42.5 Å². The Morgan fingerprint density at radius 3 is 2.75 bits per heavy atom. The predicted octanol–water partition coefficient (Wildman–Crippen LogP) is 2.55. The van der Waals surface area contributed by atoms with Gasteiger partial charge < -0.3 is 14.6 Å². The molecule has 0 radical (unpaired) electrons. The van der Waals surface area contributed by atoms with Crippen LogP contribution in [0.4, 0.5) is 0 Å². The molecule has 2 heterocycles. The summed E-state index contributed by atoms with van der Waals surface area (Å²) in [5.74, 6) is 2.70. The Balaban J connectivity index is 1.41. The summed E-state index contributed by atoms with van der Waals surface area (Å²) >= 11 is 0. The van der Waals surface area contributed by atoms with E-state index in [9.17, 15) is 4.79 Å². The largest absolute Gasteiger partial charge is 0.496 e. The number of aromatic nitrogens is 3. The summed E-state index contributed by atoms with van der Waals surface area (Å²) in [6.45, 7) is 0.710. The molecule has 28 heavy (non-hydrogen) atoms. The first-order valence-electron chi connectivity index (χ1n) is 9.59. The molecule has 1 aromatic heterocycles. The number of carbonyl (C=O) groups excluding carboxylic acids is 1. The Kier molecular flexibility index (Phi) is 5.37. The van der Waals surface area contributed by atoms with Crippen molar-refractivity contribution in [3.8, 4) is 5.75 Å². The third kappa shape index (κ3) is 4.06. The first-order chi connectivity index (χ1) is 13.7. The molecule has 0 saturated carbocycles. The highest BCUT2D eigenvalue weighted by Gasteiger charge is 2.24. The van der Waals surface area contributed by atoms with E-state index < -0.39 is 0 Å². The van der Waals surface area contributed by atoms with Gasteiger partial charge in [-0.1, -0.05) is 48.5 Å². The van der Waals surface area contributed by atoms with E-state index in [4.69, 9.17) is 4.74 Å². The quantitative estimate of drug-likeness (QED) is 0.718. The van der Waals surface area contributed by atoms with E-state index in [0.29, 0.717) is 13.0 Å². The third-order valence-electron chi connectivity index (χ3n) is 5.14. The highest BCUT2D eigenvalue weighted by atomic mass is 16.5. The topological polar surface area (TPSA) is 69.0 Å². The molecule has 6 nitrogen and oxygen atoms in total. The van der Waals surface area contributed by atoms with Crippen LogP contribution in [0.1, 0.15) is 29.2 Å². The molecule has 4 rings (SSSR count). The van der Waals surface area contributed by atoms with Crippen LogP contribution in [0.5, 0.6) is 5.75 Å². The summed E-state index contributed by atoms with van der Waals surface area (Å²) in [7, 11) is 1.62. The van der Waals surface area contributed by atoms with Crippen molar-refractivity contribution in [2.75, 3.05) is 7.11 Å². The number of hydrogen-bond acceptors (Lipinski definition) is 4. The van der Waals surface area contributed by atoms with Crippen molar-refractivity contribution in [2.45, 2.75) is 38.3 Å². The lowest BCUT2D eigenvalue weighted by atomic mass is 10.1. The van der Waals surface area contributed by atoms with Crippen LogP contribution in [0, 0.1) is 0 Å². The maximum absolute atomic E-state index is 12.6. The number of methoxy groups -OCH3 is 1. The minimum absolute atomic E-state index is 0.00985. The van der Waals surface area contributed by atoms with E-state index in [1.54, 1.807) is 7.11 Å². The summed E-state index contributed by atoms with van der Waals surface area (Å²) in [4.78, 5) is 12.6. The van der Waals surface area contributed by atoms with Crippen LogP contribution in [0.3, 0.4) is 0 Å². The molecule has 0 aliphatic carbocycles. The second-order valence-corrected chi connectivity index (χ2v) is 7.10. The van der Waals surface area contributed by atoms with Gasteiger partial charge in [0.1, 0.15) is 17.4 Å². The lowest BCUT2D eigenvalue weighted by Crippen LogP contribution is -2.42. The van der Waals surface area contributed by atoms with Gasteiger partial charge in [-0.2, -0.15) is 0 Å². The Morgan fingerprint density at radius 1 is 1.14 bits per heavy atom. The molecule has 2 aromatic carbocycles. The molecule has 0 bridgehead atoms. The van der Waals surface area contributed by atoms with Gasteiger partial charge in [-0.25, -0.2) is 0 Å². The van der Waals surface area contributed by atoms with Crippen LogP contribution >= 0.6 is 0 Å². The number of amides is 1. The second kappa shape index (κ2) is 8.25. The van der Waals surface area contributed by atoms with Gasteiger partial charge in [0.05, 0.1) is 13.5 Å². The van der Waals surface area contributed by atoms with Gasteiger partial charge in [0.25, 0.3) is 0 Å². The van der Waals surface area contributed by atoms with Gasteiger partial charge in [0.2, 0.25) is 5.91 Å². The monoisotopic (exact) mass is 376 g/mol. The fraction of sp³-hybridized carbons (Fsp3) is 0.318. The van der Waals surface area contributed by atoms with Gasteiger partial charge in [-0.05, 0) is 18.1 Å². The number of para-hydroxylation sites is 1. The standard InChI is InChI=1S/C22H24N4O2/c1-28-19-10-6-5-9-17(19)14-22(27)23-18-11-12-20-24-25-21(26(20)15-18)13-16-7-3-2-4-8-16/h2-10,18H,11-15H2,1H3,(H,23,27)/t18-/m1/s1. The number of nitrogens with zero attached hydrogens (tertiary/aromatic N) is 3. The molecule has 1 amide bonds. The average Bonchev–Trinajstić information content (AvgIpc) is 3.11. The molecule has 0 saturated heterocycles. The normalized spacial score (nSPS) is 15.7. The molecule has 0 fully saturated rings. The number of ether oxygens (including phenoxy) is 1. The van der Waals surface area contributed by atoms with E-state index in [-0.39, 0.29) is 11.9 Å². The zero-order valence-electron chi connectivity index (χ0n) is 16.0. The second-order valence-electron chi connectivity index (χ2n) is 7.10. The highest BCUT2D eigenvalue weighted by molar-refractivity contribution is 5.79. The lowest BCUT2D eigenvalue weighted by Gasteiger charge is -2.25. The molecule has 0 unspecified atom stereocenters. The number of nitrogens with one attached hydrogen (secondary N) is 1. The smallest absolute Gasteiger partial charge is 0.224 e. The highest BCUT2D eigenvalue weighted by Crippen LogP contribution is 2.20. The number of benzene rings is 2. The average molecular weight is 376 g/mol. The molecule has 0 spiro atoms. The van der Waals surface area contributed by atoms with Crippen LogP contribution < -0.4 is 10.1 Å². The van der Waals surface area contributed by atoms with Crippen molar-refractivity contribution in [3.63, 3.8) is 0 Å². The van der Waals surface area contributed by atoms with Crippen molar-refractivity contribution in [1.29, 1.82) is 0 Å². The van der Waals surface area contributed by atoms with Crippen molar-refractivity contribution < 1.29 is 9.53 Å². The zero-order valence-corrected chi connectivity index (χ0v) is 16.0. The molecule has 1 N–H and O–H groups in total. The van der Waals surface area contributed by atoms with E-state index in [1.165, 1.54) is 5.56 Å². The Hall–Kier alpha value is -3.15.